The van der Waals surface area contributed by atoms with Crippen molar-refractivity contribution in [2.75, 3.05) is 32.1 Å². The van der Waals surface area contributed by atoms with E-state index in [4.69, 9.17) is 11.6 Å². The molecule has 0 amide bonds. The van der Waals surface area contributed by atoms with E-state index in [-0.39, 0.29) is 27.8 Å². The summed E-state index contributed by atoms with van der Waals surface area (Å²) in [5.41, 5.74) is 2.01. The molecule has 1 aliphatic heterocycles. The number of hydrogen-bond acceptors (Lipinski definition) is 5. The summed E-state index contributed by atoms with van der Waals surface area (Å²) in [5, 5.41) is 13.0. The minimum atomic E-state index is -3.63. The van der Waals surface area contributed by atoms with Crippen molar-refractivity contribution in [3.05, 3.63) is 94.8 Å². The van der Waals surface area contributed by atoms with Crippen LogP contribution in [0.25, 0.3) is 0 Å². The second kappa shape index (κ2) is 12.5. The Balaban J connectivity index is 0.000000303. The van der Waals surface area contributed by atoms with Crippen LogP contribution in [0, 0.1) is 11.2 Å². The molecule has 36 heavy (non-hydrogen) atoms. The highest BCUT2D eigenvalue weighted by molar-refractivity contribution is 7.89. The minimum absolute atomic E-state index is 0.0381. The Morgan fingerprint density at radius 2 is 1.75 bits per heavy atom. The number of hydrogen-bond donors (Lipinski definition) is 2. The molecule has 1 heterocycles. The molecule has 0 unspecified atom stereocenters. The van der Waals surface area contributed by atoms with Crippen LogP contribution in [0.2, 0.25) is 5.02 Å². The average Bonchev–Trinajstić information content (AvgIpc) is 2.91. The van der Waals surface area contributed by atoms with Crippen LogP contribution in [0.15, 0.2) is 77.7 Å². The molecule has 0 atom stereocenters. The maximum absolute atomic E-state index is 12.9. The highest BCUT2D eigenvalue weighted by atomic mass is 35.5. The molecule has 3 aromatic carbocycles. The lowest BCUT2D eigenvalue weighted by Gasteiger charge is -2.40. The van der Waals surface area contributed by atoms with E-state index in [0.29, 0.717) is 37.8 Å². The summed E-state index contributed by atoms with van der Waals surface area (Å²) in [6.07, 6.45) is 2.58. The van der Waals surface area contributed by atoms with Crippen LogP contribution in [-0.2, 0) is 16.4 Å². The van der Waals surface area contributed by atoms with Crippen LogP contribution in [0.3, 0.4) is 0 Å². The summed E-state index contributed by atoms with van der Waals surface area (Å²) < 4.78 is 39.7. The van der Waals surface area contributed by atoms with E-state index in [1.807, 2.05) is 30.3 Å². The third-order valence-corrected chi connectivity index (χ3v) is 8.56. The predicted octanol–water partition coefficient (Wildman–Crippen LogP) is 5.03. The van der Waals surface area contributed by atoms with Crippen LogP contribution in [0.1, 0.15) is 28.8 Å². The van der Waals surface area contributed by atoms with Gasteiger partial charge in [-0.3, -0.25) is 4.79 Å². The van der Waals surface area contributed by atoms with Gasteiger partial charge in [0.05, 0.1) is 9.92 Å². The smallest absolute Gasteiger partial charge is 0.243 e. The van der Waals surface area contributed by atoms with Crippen molar-refractivity contribution in [2.24, 2.45) is 5.41 Å². The van der Waals surface area contributed by atoms with Crippen molar-refractivity contribution in [3.8, 4) is 0 Å². The second-order valence-corrected chi connectivity index (χ2v) is 11.1. The maximum atomic E-state index is 12.9. The van der Waals surface area contributed by atoms with Crippen LogP contribution in [0.4, 0.5) is 10.1 Å². The Kier molecular flexibility index (Phi) is 9.62. The molecule has 1 saturated heterocycles. The second-order valence-electron chi connectivity index (χ2n) is 8.79. The maximum Gasteiger partial charge on any atom is 0.243 e. The number of piperidine rings is 1. The summed E-state index contributed by atoms with van der Waals surface area (Å²) >= 11 is 5.48. The van der Waals surface area contributed by atoms with Crippen molar-refractivity contribution in [1.82, 2.24) is 4.31 Å². The van der Waals surface area contributed by atoms with Crippen LogP contribution in [-0.4, -0.2) is 50.9 Å². The van der Waals surface area contributed by atoms with Gasteiger partial charge in [0.1, 0.15) is 12.1 Å². The third kappa shape index (κ3) is 6.91. The largest absolute Gasteiger partial charge is 0.396 e. The van der Waals surface area contributed by atoms with E-state index in [1.54, 1.807) is 25.2 Å². The predicted molar refractivity (Wildman–Crippen MR) is 140 cm³/mol. The first-order chi connectivity index (χ1) is 17.2. The number of aliphatic hydroxyl groups excluding tert-OH is 1. The molecule has 4 rings (SSSR count). The number of aldehydes is 1. The zero-order valence-corrected chi connectivity index (χ0v) is 21.6. The van der Waals surface area contributed by atoms with Crippen LogP contribution >= 0.6 is 11.6 Å². The van der Waals surface area contributed by atoms with E-state index in [2.05, 4.69) is 5.32 Å². The molecule has 1 fully saturated rings. The summed E-state index contributed by atoms with van der Waals surface area (Å²) in [4.78, 5) is 11.1. The third-order valence-electron chi connectivity index (χ3n) is 6.38. The molecule has 0 saturated carbocycles. The molecule has 6 nitrogen and oxygen atoms in total. The number of aliphatic hydroxyl groups is 1. The quantitative estimate of drug-likeness (QED) is 0.417. The van der Waals surface area contributed by atoms with E-state index in [1.165, 1.54) is 28.6 Å². The number of nitrogens with zero attached hydrogens (tertiary/aromatic N) is 1. The van der Waals surface area contributed by atoms with Gasteiger partial charge < -0.3 is 10.4 Å². The number of halogens is 2. The zero-order valence-electron chi connectivity index (χ0n) is 20.0. The van der Waals surface area contributed by atoms with Crippen molar-refractivity contribution >= 4 is 33.6 Å². The number of carbonyl (C=O) groups excluding carboxylic acids is 1. The topological polar surface area (TPSA) is 86.7 Å². The van der Waals surface area contributed by atoms with Crippen LogP contribution < -0.4 is 5.32 Å². The lowest BCUT2D eigenvalue weighted by atomic mass is 9.75. The number of nitrogens with one attached hydrogen (secondary N) is 1. The van der Waals surface area contributed by atoms with Crippen molar-refractivity contribution < 1.29 is 22.7 Å². The fraction of sp³-hybridized carbons (Fsp3) is 0.296. The highest BCUT2D eigenvalue weighted by Gasteiger charge is 2.38. The van der Waals surface area contributed by atoms with Crippen molar-refractivity contribution in [3.63, 3.8) is 0 Å². The summed E-state index contributed by atoms with van der Waals surface area (Å²) in [5.74, 6) is -0.388. The number of carbonyl (C=O) groups is 1. The van der Waals surface area contributed by atoms with E-state index < -0.39 is 10.0 Å². The first kappa shape index (κ1) is 27.8. The number of benzene rings is 3. The number of anilines is 1. The van der Waals surface area contributed by atoms with Gasteiger partial charge in [-0.2, -0.15) is 4.31 Å². The first-order valence-corrected chi connectivity index (χ1v) is 13.4. The minimum Gasteiger partial charge on any atom is -0.396 e. The Morgan fingerprint density at radius 1 is 1.06 bits per heavy atom. The Hall–Kier alpha value is -2.78. The molecule has 0 aromatic heterocycles. The van der Waals surface area contributed by atoms with Gasteiger partial charge in [0.15, 0.2) is 0 Å². The highest BCUT2D eigenvalue weighted by Crippen LogP contribution is 2.36. The molecule has 0 bridgehead atoms. The Bertz CT molecular complexity index is 1260. The molecular weight excluding hydrogens is 503 g/mol. The molecule has 2 N–H and O–H groups in total. The van der Waals surface area contributed by atoms with E-state index >= 15 is 0 Å². The van der Waals surface area contributed by atoms with Gasteiger partial charge in [0.25, 0.3) is 0 Å². The van der Waals surface area contributed by atoms with E-state index in [9.17, 15) is 22.7 Å². The standard InChI is InChI=1S/C20H23NO4S.C7H7ClFN/c22-15-18-7-4-8-19(13-18)26(24,25)21-11-9-20(16-23,10-12-21)14-17-5-2-1-3-6-17;1-10-5-2-3-7(9)6(8)4-5/h1-8,13,15,23H,9-12,14,16H2;2-4,10H,1H3. The molecule has 1 aliphatic rings. The molecule has 0 radical (unpaired) electrons. The SMILES string of the molecule is CNc1ccc(F)c(Cl)c1.O=Cc1cccc(S(=O)(=O)N2CCC(CO)(Cc3ccccc3)CC2)c1. The molecule has 3 aromatic rings. The monoisotopic (exact) mass is 532 g/mol. The zero-order chi connectivity index (χ0) is 26.2. The van der Waals surface area contributed by atoms with E-state index in [0.717, 1.165) is 17.7 Å². The van der Waals surface area contributed by atoms with Gasteiger partial charge in [-0.25, -0.2) is 12.8 Å². The van der Waals surface area contributed by atoms with Gasteiger partial charge in [-0.1, -0.05) is 54.1 Å². The van der Waals surface area contributed by atoms with Gasteiger partial charge in [-0.05, 0) is 60.6 Å². The lowest BCUT2D eigenvalue weighted by molar-refractivity contribution is 0.0684. The van der Waals surface area contributed by atoms with Crippen molar-refractivity contribution in [1.29, 1.82) is 0 Å². The van der Waals surface area contributed by atoms with Crippen LogP contribution in [0.5, 0.6) is 0 Å². The normalized spacial score (nSPS) is 15.4. The summed E-state index contributed by atoms with van der Waals surface area (Å²) in [6, 6.07) is 20.5. The average molecular weight is 533 g/mol. The molecule has 0 aliphatic carbocycles. The Labute approximate surface area is 216 Å². The summed E-state index contributed by atoms with van der Waals surface area (Å²) in [7, 11) is -1.88. The number of rotatable bonds is 7. The molecule has 192 valence electrons. The first-order valence-electron chi connectivity index (χ1n) is 11.6. The molecule has 0 spiro atoms. The number of sulfonamides is 1. The fourth-order valence-corrected chi connectivity index (χ4v) is 5.85. The molecular formula is C27H30ClFN2O4S. The molecule has 9 heteroatoms. The van der Waals surface area contributed by atoms with Gasteiger partial charge in [-0.15, -0.1) is 0 Å². The fourth-order valence-electron chi connectivity index (χ4n) is 4.17. The van der Waals surface area contributed by atoms with Gasteiger partial charge in [0, 0.05) is 38.0 Å². The Morgan fingerprint density at radius 3 is 2.33 bits per heavy atom. The van der Waals surface area contributed by atoms with Gasteiger partial charge >= 0.3 is 0 Å². The van der Waals surface area contributed by atoms with Crippen molar-refractivity contribution in [2.45, 2.75) is 24.2 Å². The lowest BCUT2D eigenvalue weighted by Crippen LogP contribution is -2.45. The van der Waals surface area contributed by atoms with Gasteiger partial charge in [0.2, 0.25) is 10.0 Å². The summed E-state index contributed by atoms with van der Waals surface area (Å²) in [6.45, 7) is 0.762.